The Balaban J connectivity index is 1.92. The maximum absolute atomic E-state index is 11.4. The largest absolute Gasteiger partial charge is 0.480 e. The van der Waals surface area contributed by atoms with Gasteiger partial charge in [0.25, 0.3) is 0 Å². The Morgan fingerprint density at radius 2 is 2.20 bits per heavy atom. The lowest BCUT2D eigenvalue weighted by Crippen LogP contribution is -2.50. The van der Waals surface area contributed by atoms with E-state index in [4.69, 9.17) is 11.6 Å². The van der Waals surface area contributed by atoms with Crippen molar-refractivity contribution in [3.63, 3.8) is 0 Å². The third-order valence-electron chi connectivity index (χ3n) is 3.91. The summed E-state index contributed by atoms with van der Waals surface area (Å²) in [4.78, 5) is 11.4. The van der Waals surface area contributed by atoms with Gasteiger partial charge in [0, 0.05) is 12.6 Å². The van der Waals surface area contributed by atoms with Crippen LogP contribution in [0.4, 0.5) is 0 Å². The van der Waals surface area contributed by atoms with Crippen LogP contribution in [0.3, 0.4) is 0 Å². The van der Waals surface area contributed by atoms with Crippen LogP contribution in [0.5, 0.6) is 0 Å². The second kappa shape index (κ2) is 5.74. The molecular formula is C14H22ClN3O2. The summed E-state index contributed by atoms with van der Waals surface area (Å²) in [6.07, 6.45) is 3.49. The van der Waals surface area contributed by atoms with Gasteiger partial charge in [0.05, 0.1) is 16.4 Å². The molecular weight excluding hydrogens is 278 g/mol. The minimum atomic E-state index is -0.846. The number of hydrogen-bond donors (Lipinski definition) is 2. The number of rotatable bonds is 7. The Hall–Kier alpha value is -1.07. The number of aryl methyl sites for hydroxylation is 2. The van der Waals surface area contributed by atoms with E-state index in [1.165, 1.54) is 0 Å². The molecule has 1 aliphatic rings. The Bertz CT molecular complexity index is 511. The van der Waals surface area contributed by atoms with Crippen LogP contribution in [0.2, 0.25) is 5.02 Å². The molecule has 1 unspecified atom stereocenters. The zero-order chi connectivity index (χ0) is 14.9. The van der Waals surface area contributed by atoms with E-state index in [1.54, 1.807) is 6.92 Å². The quantitative estimate of drug-likeness (QED) is 0.812. The van der Waals surface area contributed by atoms with Crippen molar-refractivity contribution in [3.05, 3.63) is 16.4 Å². The Labute approximate surface area is 124 Å². The fraction of sp³-hybridized carbons (Fsp3) is 0.714. The molecule has 5 nitrogen and oxygen atoms in total. The van der Waals surface area contributed by atoms with Gasteiger partial charge < -0.3 is 5.11 Å². The monoisotopic (exact) mass is 299 g/mol. The molecule has 2 rings (SSSR count). The zero-order valence-electron chi connectivity index (χ0n) is 12.2. The fourth-order valence-electron chi connectivity index (χ4n) is 2.39. The summed E-state index contributed by atoms with van der Waals surface area (Å²) in [5.74, 6) is -0.782. The highest BCUT2D eigenvalue weighted by atomic mass is 35.5. The highest BCUT2D eigenvalue weighted by Crippen LogP contribution is 2.25. The number of carboxylic acid groups (broad SMARTS) is 1. The smallest absolute Gasteiger partial charge is 0.323 e. The number of nitrogens with zero attached hydrogens (tertiary/aromatic N) is 2. The average molecular weight is 300 g/mol. The lowest BCUT2D eigenvalue weighted by molar-refractivity contribution is -0.144. The maximum atomic E-state index is 11.4. The van der Waals surface area contributed by atoms with Gasteiger partial charge >= 0.3 is 5.97 Å². The van der Waals surface area contributed by atoms with E-state index in [1.807, 2.05) is 18.5 Å². The number of nitrogens with one attached hydrogen (secondary N) is 1. The summed E-state index contributed by atoms with van der Waals surface area (Å²) in [6, 6.07) is 0.374. The van der Waals surface area contributed by atoms with Crippen molar-refractivity contribution in [3.8, 4) is 0 Å². The van der Waals surface area contributed by atoms with Crippen molar-refractivity contribution >= 4 is 17.6 Å². The van der Waals surface area contributed by atoms with Gasteiger partial charge in [-0.15, -0.1) is 0 Å². The van der Waals surface area contributed by atoms with Gasteiger partial charge in [0.1, 0.15) is 5.54 Å². The van der Waals surface area contributed by atoms with Gasteiger partial charge in [-0.05, 0) is 46.5 Å². The van der Waals surface area contributed by atoms with E-state index in [9.17, 15) is 9.90 Å². The van der Waals surface area contributed by atoms with Gasteiger partial charge in [-0.3, -0.25) is 14.8 Å². The Kier molecular flexibility index (Phi) is 4.39. The van der Waals surface area contributed by atoms with Crippen LogP contribution >= 0.6 is 11.6 Å². The second-order valence-corrected chi connectivity index (χ2v) is 6.25. The van der Waals surface area contributed by atoms with Crippen molar-refractivity contribution in [2.45, 2.75) is 64.6 Å². The van der Waals surface area contributed by atoms with Crippen LogP contribution < -0.4 is 5.32 Å². The summed E-state index contributed by atoms with van der Waals surface area (Å²) in [5, 5.41) is 17.7. The van der Waals surface area contributed by atoms with Crippen molar-refractivity contribution in [2.75, 3.05) is 0 Å². The summed E-state index contributed by atoms with van der Waals surface area (Å²) in [5.41, 5.74) is 0.916. The summed E-state index contributed by atoms with van der Waals surface area (Å²) in [6.45, 7) is 6.26. The molecule has 1 saturated carbocycles. The highest BCUT2D eigenvalue weighted by Gasteiger charge is 2.37. The lowest BCUT2D eigenvalue weighted by Gasteiger charge is -2.26. The first kappa shape index (κ1) is 15.3. The van der Waals surface area contributed by atoms with E-state index in [-0.39, 0.29) is 0 Å². The molecule has 1 atom stereocenters. The molecule has 6 heteroatoms. The van der Waals surface area contributed by atoms with Crippen LogP contribution in [0.1, 0.15) is 44.0 Å². The molecule has 112 valence electrons. The van der Waals surface area contributed by atoms with E-state index >= 15 is 0 Å². The van der Waals surface area contributed by atoms with Gasteiger partial charge in [0.15, 0.2) is 0 Å². The molecule has 0 amide bonds. The standard InChI is InChI=1S/C14H22ClN3O2/c1-9-12(15)10(2)18(17-9)8-4-7-14(3,13(19)20)16-11-5-6-11/h11,16H,4-8H2,1-3H3,(H,19,20). The SMILES string of the molecule is Cc1nn(CCCC(C)(NC2CC2)C(=O)O)c(C)c1Cl. The molecule has 0 saturated heterocycles. The summed E-state index contributed by atoms with van der Waals surface area (Å²) < 4.78 is 1.86. The highest BCUT2D eigenvalue weighted by molar-refractivity contribution is 6.31. The Morgan fingerprint density at radius 1 is 1.55 bits per heavy atom. The molecule has 0 aliphatic heterocycles. The third-order valence-corrected chi connectivity index (χ3v) is 4.46. The number of hydrogen-bond acceptors (Lipinski definition) is 3. The van der Waals surface area contributed by atoms with Crippen molar-refractivity contribution in [1.29, 1.82) is 0 Å². The van der Waals surface area contributed by atoms with Crippen LogP contribution in [0, 0.1) is 13.8 Å². The summed E-state index contributed by atoms with van der Waals surface area (Å²) in [7, 11) is 0. The predicted molar refractivity (Wildman–Crippen MR) is 78.1 cm³/mol. The van der Waals surface area contributed by atoms with Crippen LogP contribution in [0.15, 0.2) is 0 Å². The van der Waals surface area contributed by atoms with E-state index < -0.39 is 11.5 Å². The number of aliphatic carboxylic acids is 1. The number of carbonyl (C=O) groups is 1. The van der Waals surface area contributed by atoms with Gasteiger partial charge in [-0.2, -0.15) is 5.10 Å². The molecule has 0 aromatic carbocycles. The van der Waals surface area contributed by atoms with Crippen LogP contribution in [0.25, 0.3) is 0 Å². The number of aromatic nitrogens is 2. The molecule has 1 aromatic rings. The van der Waals surface area contributed by atoms with Crippen molar-refractivity contribution in [1.82, 2.24) is 15.1 Å². The normalized spacial score (nSPS) is 18.0. The topological polar surface area (TPSA) is 67.2 Å². The van der Waals surface area contributed by atoms with Crippen LogP contribution in [-0.4, -0.2) is 32.4 Å². The molecule has 1 fully saturated rings. The van der Waals surface area contributed by atoms with E-state index in [2.05, 4.69) is 10.4 Å². The third kappa shape index (κ3) is 3.33. The lowest BCUT2D eigenvalue weighted by atomic mass is 9.95. The molecule has 1 aliphatic carbocycles. The van der Waals surface area contributed by atoms with Gasteiger partial charge in [0.2, 0.25) is 0 Å². The Morgan fingerprint density at radius 3 is 2.65 bits per heavy atom. The molecule has 0 radical (unpaired) electrons. The summed E-state index contributed by atoms with van der Waals surface area (Å²) >= 11 is 6.10. The molecule has 1 heterocycles. The van der Waals surface area contributed by atoms with E-state index in [0.29, 0.717) is 24.0 Å². The first-order valence-corrected chi connectivity index (χ1v) is 7.42. The van der Waals surface area contributed by atoms with Crippen LogP contribution in [-0.2, 0) is 11.3 Å². The number of carboxylic acids is 1. The second-order valence-electron chi connectivity index (χ2n) is 5.87. The van der Waals surface area contributed by atoms with E-state index in [0.717, 1.165) is 30.7 Å². The van der Waals surface area contributed by atoms with Crippen molar-refractivity contribution < 1.29 is 9.90 Å². The number of halogens is 1. The van der Waals surface area contributed by atoms with Crippen molar-refractivity contribution in [2.24, 2.45) is 0 Å². The molecule has 20 heavy (non-hydrogen) atoms. The predicted octanol–water partition coefficient (Wildman–Crippen LogP) is 2.53. The molecule has 0 bridgehead atoms. The average Bonchev–Trinajstić information content (AvgIpc) is 3.15. The molecule has 1 aromatic heterocycles. The van der Waals surface area contributed by atoms with Gasteiger partial charge in [-0.25, -0.2) is 0 Å². The molecule has 0 spiro atoms. The minimum Gasteiger partial charge on any atom is -0.480 e. The fourth-order valence-corrected chi connectivity index (χ4v) is 2.53. The zero-order valence-corrected chi connectivity index (χ0v) is 13.0. The minimum absolute atomic E-state index is 0.374. The maximum Gasteiger partial charge on any atom is 0.323 e. The van der Waals surface area contributed by atoms with Gasteiger partial charge in [-0.1, -0.05) is 11.6 Å². The first-order chi connectivity index (χ1) is 9.33. The first-order valence-electron chi connectivity index (χ1n) is 7.04. The molecule has 2 N–H and O–H groups in total.